The second-order valence-electron chi connectivity index (χ2n) is 4.41. The molecule has 1 atom stereocenters. The summed E-state index contributed by atoms with van der Waals surface area (Å²) in [4.78, 5) is 18.0. The molecule has 1 aliphatic heterocycles. The predicted molar refractivity (Wildman–Crippen MR) is 79.9 cm³/mol. The van der Waals surface area contributed by atoms with E-state index in [1.165, 1.54) is 0 Å². The van der Waals surface area contributed by atoms with Crippen LogP contribution in [0.2, 0.25) is 0 Å². The summed E-state index contributed by atoms with van der Waals surface area (Å²) in [6, 6.07) is 11.5. The highest BCUT2D eigenvalue weighted by molar-refractivity contribution is 8.00. The molecule has 4 nitrogen and oxygen atoms in total. The van der Waals surface area contributed by atoms with Gasteiger partial charge in [0.25, 0.3) is 0 Å². The molecule has 1 saturated heterocycles. The molecule has 3 rings (SSSR count). The summed E-state index contributed by atoms with van der Waals surface area (Å²) in [7, 11) is 1.63. The zero-order chi connectivity index (χ0) is 13.9. The maximum Gasteiger partial charge on any atom is 0.238 e. The van der Waals surface area contributed by atoms with Crippen LogP contribution >= 0.6 is 11.8 Å². The highest BCUT2D eigenvalue weighted by Crippen LogP contribution is 2.41. The molecule has 0 bridgehead atoms. The summed E-state index contributed by atoms with van der Waals surface area (Å²) in [6.07, 6.45) is 3.51. The second-order valence-corrected chi connectivity index (χ2v) is 5.47. The quantitative estimate of drug-likeness (QED) is 0.870. The van der Waals surface area contributed by atoms with E-state index in [4.69, 9.17) is 4.74 Å². The van der Waals surface area contributed by atoms with Crippen molar-refractivity contribution >= 4 is 23.4 Å². The van der Waals surface area contributed by atoms with E-state index in [0.29, 0.717) is 5.75 Å². The molecule has 0 unspecified atom stereocenters. The number of hydrogen-bond donors (Lipinski definition) is 0. The number of amides is 1. The summed E-state index contributed by atoms with van der Waals surface area (Å²) in [5.74, 6) is 1.41. The third-order valence-corrected chi connectivity index (χ3v) is 4.42. The molecule has 0 radical (unpaired) electrons. The molecule has 2 aromatic rings. The predicted octanol–water partition coefficient (Wildman–Crippen LogP) is 2.87. The normalized spacial score (nSPS) is 18.4. The third kappa shape index (κ3) is 2.36. The largest absolute Gasteiger partial charge is 0.497 e. The van der Waals surface area contributed by atoms with Gasteiger partial charge in [-0.2, -0.15) is 0 Å². The zero-order valence-electron chi connectivity index (χ0n) is 11.0. The molecule has 20 heavy (non-hydrogen) atoms. The Morgan fingerprint density at radius 2 is 1.90 bits per heavy atom. The number of hydrogen-bond acceptors (Lipinski definition) is 4. The van der Waals surface area contributed by atoms with Crippen LogP contribution in [0.25, 0.3) is 0 Å². The van der Waals surface area contributed by atoms with Crippen LogP contribution in [0, 0.1) is 0 Å². The van der Waals surface area contributed by atoms with E-state index >= 15 is 0 Å². The Hall–Kier alpha value is -2.01. The molecule has 2 heterocycles. The lowest BCUT2D eigenvalue weighted by Gasteiger charge is -2.24. The van der Waals surface area contributed by atoms with E-state index in [0.717, 1.165) is 17.0 Å². The zero-order valence-corrected chi connectivity index (χ0v) is 11.8. The van der Waals surface area contributed by atoms with Crippen molar-refractivity contribution in [2.75, 3.05) is 17.8 Å². The van der Waals surface area contributed by atoms with Crippen molar-refractivity contribution in [1.29, 1.82) is 0 Å². The lowest BCUT2D eigenvalue weighted by atomic mass is 10.2. The molecule has 5 heteroatoms. The van der Waals surface area contributed by atoms with Crippen molar-refractivity contribution in [3.05, 3.63) is 54.4 Å². The van der Waals surface area contributed by atoms with Gasteiger partial charge in [0, 0.05) is 18.1 Å². The van der Waals surface area contributed by atoms with Gasteiger partial charge in [0.1, 0.15) is 11.1 Å². The highest BCUT2D eigenvalue weighted by Gasteiger charge is 2.33. The first-order chi connectivity index (χ1) is 9.79. The number of ether oxygens (including phenoxy) is 1. The molecule has 1 amide bonds. The van der Waals surface area contributed by atoms with Crippen LogP contribution in [0.15, 0.2) is 48.8 Å². The smallest absolute Gasteiger partial charge is 0.238 e. The van der Waals surface area contributed by atoms with Crippen molar-refractivity contribution in [2.24, 2.45) is 0 Å². The molecule has 1 aromatic heterocycles. The van der Waals surface area contributed by atoms with E-state index in [1.807, 2.05) is 41.3 Å². The molecule has 1 aromatic carbocycles. The van der Waals surface area contributed by atoms with Crippen LogP contribution in [-0.4, -0.2) is 23.8 Å². The number of thioether (sulfide) groups is 1. The van der Waals surface area contributed by atoms with Crippen molar-refractivity contribution in [3.8, 4) is 5.75 Å². The number of anilines is 1. The van der Waals surface area contributed by atoms with E-state index in [2.05, 4.69) is 4.98 Å². The highest BCUT2D eigenvalue weighted by atomic mass is 32.2. The van der Waals surface area contributed by atoms with Crippen LogP contribution in [0.5, 0.6) is 5.75 Å². The fourth-order valence-corrected chi connectivity index (χ4v) is 3.40. The molecule has 102 valence electrons. The number of nitrogens with zero attached hydrogens (tertiary/aromatic N) is 2. The monoisotopic (exact) mass is 286 g/mol. The first kappa shape index (κ1) is 13.0. The van der Waals surface area contributed by atoms with Gasteiger partial charge < -0.3 is 4.74 Å². The van der Waals surface area contributed by atoms with Gasteiger partial charge in [0.15, 0.2) is 0 Å². The number of carbonyl (C=O) groups is 1. The van der Waals surface area contributed by atoms with Gasteiger partial charge in [0.2, 0.25) is 5.91 Å². The van der Waals surface area contributed by atoms with Gasteiger partial charge in [-0.15, -0.1) is 11.8 Å². The molecular weight excluding hydrogens is 272 g/mol. The third-order valence-electron chi connectivity index (χ3n) is 3.21. The number of benzene rings is 1. The van der Waals surface area contributed by atoms with Crippen molar-refractivity contribution in [3.63, 3.8) is 0 Å². The second kappa shape index (κ2) is 5.54. The summed E-state index contributed by atoms with van der Waals surface area (Å²) in [5.41, 5.74) is 1.98. The van der Waals surface area contributed by atoms with E-state index < -0.39 is 0 Å². The Balaban J connectivity index is 1.94. The van der Waals surface area contributed by atoms with Crippen molar-refractivity contribution < 1.29 is 9.53 Å². The number of aromatic nitrogens is 1. The average molecular weight is 286 g/mol. The SMILES string of the molecule is COc1ccc(N2C(=O)CS[C@H]2c2ccncc2)cc1. The molecular formula is C15H14N2O2S. The first-order valence-electron chi connectivity index (χ1n) is 6.27. The number of rotatable bonds is 3. The van der Waals surface area contributed by atoms with Gasteiger partial charge in [-0.25, -0.2) is 0 Å². The van der Waals surface area contributed by atoms with Crippen molar-refractivity contribution in [1.82, 2.24) is 4.98 Å². The number of methoxy groups -OCH3 is 1. The fraction of sp³-hybridized carbons (Fsp3) is 0.200. The minimum Gasteiger partial charge on any atom is -0.497 e. The lowest BCUT2D eigenvalue weighted by molar-refractivity contribution is -0.115. The van der Waals surface area contributed by atoms with Crippen LogP contribution in [0.4, 0.5) is 5.69 Å². The maximum atomic E-state index is 12.2. The van der Waals surface area contributed by atoms with Crippen molar-refractivity contribution in [2.45, 2.75) is 5.37 Å². The lowest BCUT2D eigenvalue weighted by Crippen LogP contribution is -2.27. The van der Waals surface area contributed by atoms with E-state index in [1.54, 1.807) is 31.3 Å². The molecule has 0 spiro atoms. The molecule has 1 fully saturated rings. The minimum atomic E-state index is 0.0129. The topological polar surface area (TPSA) is 42.4 Å². The van der Waals surface area contributed by atoms with E-state index in [9.17, 15) is 4.79 Å². The Morgan fingerprint density at radius 1 is 1.20 bits per heavy atom. The first-order valence-corrected chi connectivity index (χ1v) is 7.32. The van der Waals surface area contributed by atoms with Crippen LogP contribution in [0.3, 0.4) is 0 Å². The Kier molecular flexibility index (Phi) is 3.60. The minimum absolute atomic E-state index is 0.0129. The summed E-state index contributed by atoms with van der Waals surface area (Å²) in [5, 5.41) is 0.0129. The van der Waals surface area contributed by atoms with Gasteiger partial charge >= 0.3 is 0 Å². The Morgan fingerprint density at radius 3 is 2.55 bits per heavy atom. The number of pyridine rings is 1. The maximum absolute atomic E-state index is 12.2. The Bertz CT molecular complexity index is 601. The number of carbonyl (C=O) groups excluding carboxylic acids is 1. The van der Waals surface area contributed by atoms with Crippen LogP contribution < -0.4 is 9.64 Å². The summed E-state index contributed by atoms with van der Waals surface area (Å²) >= 11 is 1.63. The molecule has 0 saturated carbocycles. The van der Waals surface area contributed by atoms with Gasteiger partial charge in [-0.3, -0.25) is 14.7 Å². The average Bonchev–Trinajstić information content (AvgIpc) is 2.90. The van der Waals surface area contributed by atoms with Crippen LogP contribution in [-0.2, 0) is 4.79 Å². The molecule has 1 aliphatic rings. The van der Waals surface area contributed by atoms with Gasteiger partial charge in [-0.05, 0) is 42.0 Å². The molecule has 0 aliphatic carbocycles. The van der Waals surface area contributed by atoms with Crippen LogP contribution in [0.1, 0.15) is 10.9 Å². The molecule has 0 N–H and O–H groups in total. The van der Waals surface area contributed by atoms with Gasteiger partial charge in [-0.1, -0.05) is 0 Å². The summed E-state index contributed by atoms with van der Waals surface area (Å²) < 4.78 is 5.15. The Labute approximate surface area is 121 Å². The standard InChI is InChI=1S/C15H14N2O2S/c1-19-13-4-2-12(3-5-13)17-14(18)10-20-15(17)11-6-8-16-9-7-11/h2-9,15H,10H2,1H3/t15-/m0/s1. The van der Waals surface area contributed by atoms with E-state index in [-0.39, 0.29) is 11.3 Å². The summed E-state index contributed by atoms with van der Waals surface area (Å²) in [6.45, 7) is 0. The van der Waals surface area contributed by atoms with Gasteiger partial charge in [0.05, 0.1) is 12.9 Å². The fourth-order valence-electron chi connectivity index (χ4n) is 2.22.